The van der Waals surface area contributed by atoms with Gasteiger partial charge in [-0.25, -0.2) is 0 Å². The molecule has 3 heteroatoms. The van der Waals surface area contributed by atoms with Crippen molar-refractivity contribution >= 4 is 16.8 Å². The first-order valence-electron chi connectivity index (χ1n) is 6.05. The van der Waals surface area contributed by atoms with Crippen LogP contribution in [-0.4, -0.2) is 16.9 Å². The minimum atomic E-state index is 0.0488. The van der Waals surface area contributed by atoms with E-state index in [0.717, 1.165) is 29.3 Å². The number of benzene rings is 1. The highest BCUT2D eigenvalue weighted by molar-refractivity contribution is 5.99. The van der Waals surface area contributed by atoms with Crippen molar-refractivity contribution in [1.29, 1.82) is 0 Å². The average Bonchev–Trinajstić information content (AvgIpc) is 3.07. The van der Waals surface area contributed by atoms with Crippen LogP contribution >= 0.6 is 0 Å². The maximum Gasteiger partial charge on any atom is 0.251 e. The van der Waals surface area contributed by atoms with E-state index in [1.165, 1.54) is 11.3 Å². The lowest BCUT2D eigenvalue weighted by molar-refractivity contribution is 0.0951. The zero-order valence-electron chi connectivity index (χ0n) is 10.1. The number of hydrogen-bond donors (Lipinski definition) is 2. The molecular weight excluding hydrogens is 212 g/mol. The first-order chi connectivity index (χ1) is 8.15. The van der Waals surface area contributed by atoms with Gasteiger partial charge in [-0.1, -0.05) is 0 Å². The summed E-state index contributed by atoms with van der Waals surface area (Å²) in [7, 11) is 0. The molecule has 0 atom stereocenters. The van der Waals surface area contributed by atoms with E-state index in [1.54, 1.807) is 0 Å². The Labute approximate surface area is 100 Å². The molecule has 1 amide bonds. The van der Waals surface area contributed by atoms with Crippen LogP contribution in [0.5, 0.6) is 0 Å². The predicted molar refractivity (Wildman–Crippen MR) is 68.3 cm³/mol. The molecule has 3 rings (SSSR count). The third-order valence-electron chi connectivity index (χ3n) is 3.48. The van der Waals surface area contributed by atoms with Gasteiger partial charge in [-0.15, -0.1) is 0 Å². The van der Waals surface area contributed by atoms with E-state index in [-0.39, 0.29) is 5.91 Å². The Morgan fingerprint density at radius 2 is 2.12 bits per heavy atom. The minimum absolute atomic E-state index is 0.0488. The maximum atomic E-state index is 11.9. The highest BCUT2D eigenvalue weighted by Crippen LogP contribution is 2.23. The summed E-state index contributed by atoms with van der Waals surface area (Å²) < 4.78 is 0. The van der Waals surface area contributed by atoms with Gasteiger partial charge in [0.15, 0.2) is 0 Å². The van der Waals surface area contributed by atoms with Crippen molar-refractivity contribution in [1.82, 2.24) is 10.3 Å². The number of aromatic amines is 1. The van der Waals surface area contributed by atoms with Crippen molar-refractivity contribution in [3.63, 3.8) is 0 Å². The summed E-state index contributed by atoms with van der Waals surface area (Å²) in [5.74, 6) is 0.0488. The predicted octanol–water partition coefficient (Wildman–Crippen LogP) is 2.68. The summed E-state index contributed by atoms with van der Waals surface area (Å²) in [4.78, 5) is 15.2. The number of fused-ring (bicyclic) bond motifs is 1. The molecule has 0 bridgehead atoms. The van der Waals surface area contributed by atoms with Crippen molar-refractivity contribution in [2.45, 2.75) is 32.7 Å². The SMILES string of the molecule is Cc1[nH]c2ccc(C(=O)NC3CC3)cc2c1C. The van der Waals surface area contributed by atoms with Gasteiger partial charge in [0.2, 0.25) is 0 Å². The van der Waals surface area contributed by atoms with Gasteiger partial charge >= 0.3 is 0 Å². The standard InChI is InChI=1S/C14H16N2O/c1-8-9(2)15-13-6-3-10(7-12(8)13)14(17)16-11-4-5-11/h3,6-7,11,15H,4-5H2,1-2H3,(H,16,17). The summed E-state index contributed by atoms with van der Waals surface area (Å²) in [5, 5.41) is 4.16. The molecule has 2 N–H and O–H groups in total. The van der Waals surface area contributed by atoms with Crippen molar-refractivity contribution in [3.8, 4) is 0 Å². The average molecular weight is 228 g/mol. The van der Waals surface area contributed by atoms with Gasteiger partial charge < -0.3 is 10.3 Å². The Bertz CT molecular complexity index is 594. The van der Waals surface area contributed by atoms with E-state index in [0.29, 0.717) is 6.04 Å². The van der Waals surface area contributed by atoms with E-state index in [2.05, 4.69) is 24.1 Å². The van der Waals surface area contributed by atoms with E-state index in [1.807, 2.05) is 18.2 Å². The van der Waals surface area contributed by atoms with E-state index in [4.69, 9.17) is 0 Å². The molecule has 0 saturated heterocycles. The second-order valence-corrected chi connectivity index (χ2v) is 4.88. The fourth-order valence-corrected chi connectivity index (χ4v) is 2.10. The van der Waals surface area contributed by atoms with Crippen LogP contribution in [-0.2, 0) is 0 Å². The minimum Gasteiger partial charge on any atom is -0.358 e. The Kier molecular flexibility index (Phi) is 2.21. The van der Waals surface area contributed by atoms with Gasteiger partial charge in [-0.2, -0.15) is 0 Å². The van der Waals surface area contributed by atoms with Crippen LogP contribution < -0.4 is 5.32 Å². The second kappa shape index (κ2) is 3.62. The van der Waals surface area contributed by atoms with Crippen LogP contribution in [0.2, 0.25) is 0 Å². The highest BCUT2D eigenvalue weighted by Gasteiger charge is 2.23. The number of amides is 1. The second-order valence-electron chi connectivity index (χ2n) is 4.88. The molecule has 3 nitrogen and oxygen atoms in total. The van der Waals surface area contributed by atoms with Crippen LogP contribution in [0, 0.1) is 13.8 Å². The fourth-order valence-electron chi connectivity index (χ4n) is 2.10. The molecule has 0 radical (unpaired) electrons. The Hall–Kier alpha value is -1.77. The van der Waals surface area contributed by atoms with Gasteiger partial charge in [0.1, 0.15) is 0 Å². The molecule has 1 aromatic heterocycles. The van der Waals surface area contributed by atoms with E-state index in [9.17, 15) is 4.79 Å². The fraction of sp³-hybridized carbons (Fsp3) is 0.357. The van der Waals surface area contributed by atoms with Crippen LogP contribution in [0.15, 0.2) is 18.2 Å². The number of nitrogens with one attached hydrogen (secondary N) is 2. The molecule has 0 unspecified atom stereocenters. The number of hydrogen-bond acceptors (Lipinski definition) is 1. The summed E-state index contributed by atoms with van der Waals surface area (Å²) in [5.41, 5.74) is 4.25. The van der Waals surface area contributed by atoms with Crippen molar-refractivity contribution in [3.05, 3.63) is 35.0 Å². The highest BCUT2D eigenvalue weighted by atomic mass is 16.1. The summed E-state index contributed by atoms with van der Waals surface area (Å²) in [6.07, 6.45) is 2.24. The Morgan fingerprint density at radius 3 is 2.82 bits per heavy atom. The van der Waals surface area contributed by atoms with Gasteiger partial charge in [0, 0.05) is 28.2 Å². The summed E-state index contributed by atoms with van der Waals surface area (Å²) in [6, 6.07) is 6.26. The summed E-state index contributed by atoms with van der Waals surface area (Å²) in [6.45, 7) is 4.13. The largest absolute Gasteiger partial charge is 0.358 e. The van der Waals surface area contributed by atoms with Crippen LogP contribution in [0.25, 0.3) is 10.9 Å². The smallest absolute Gasteiger partial charge is 0.251 e. The lowest BCUT2D eigenvalue weighted by Crippen LogP contribution is -2.25. The number of H-pyrrole nitrogens is 1. The van der Waals surface area contributed by atoms with E-state index < -0.39 is 0 Å². The van der Waals surface area contributed by atoms with Crippen LogP contribution in [0.1, 0.15) is 34.5 Å². The molecule has 0 spiro atoms. The third kappa shape index (κ3) is 1.82. The number of aryl methyl sites for hydroxylation is 2. The quantitative estimate of drug-likeness (QED) is 0.815. The number of rotatable bonds is 2. The third-order valence-corrected chi connectivity index (χ3v) is 3.48. The van der Waals surface area contributed by atoms with Crippen molar-refractivity contribution in [2.24, 2.45) is 0 Å². The van der Waals surface area contributed by atoms with Crippen LogP contribution in [0.3, 0.4) is 0 Å². The molecule has 1 saturated carbocycles. The molecule has 17 heavy (non-hydrogen) atoms. The van der Waals surface area contributed by atoms with E-state index >= 15 is 0 Å². The molecule has 2 aromatic rings. The maximum absolute atomic E-state index is 11.9. The lowest BCUT2D eigenvalue weighted by atomic mass is 10.1. The number of aromatic nitrogens is 1. The van der Waals surface area contributed by atoms with Crippen molar-refractivity contribution < 1.29 is 4.79 Å². The molecule has 88 valence electrons. The van der Waals surface area contributed by atoms with Crippen molar-refractivity contribution in [2.75, 3.05) is 0 Å². The molecule has 1 aliphatic rings. The lowest BCUT2D eigenvalue weighted by Gasteiger charge is -2.03. The Balaban J connectivity index is 1.99. The van der Waals surface area contributed by atoms with Gasteiger partial charge in [-0.3, -0.25) is 4.79 Å². The zero-order chi connectivity index (χ0) is 12.0. The zero-order valence-corrected chi connectivity index (χ0v) is 10.1. The van der Waals surface area contributed by atoms with Gasteiger partial charge in [0.05, 0.1) is 0 Å². The molecule has 1 aromatic carbocycles. The normalized spacial score (nSPS) is 15.2. The number of carbonyl (C=O) groups excluding carboxylic acids is 1. The van der Waals surface area contributed by atoms with Crippen LogP contribution in [0.4, 0.5) is 0 Å². The first-order valence-corrected chi connectivity index (χ1v) is 6.05. The Morgan fingerprint density at radius 1 is 1.35 bits per heavy atom. The van der Waals surface area contributed by atoms with Gasteiger partial charge in [-0.05, 0) is 50.5 Å². The molecular formula is C14H16N2O. The number of carbonyl (C=O) groups is 1. The first kappa shape index (κ1) is 10.4. The molecule has 1 heterocycles. The molecule has 0 aliphatic heterocycles. The monoisotopic (exact) mass is 228 g/mol. The topological polar surface area (TPSA) is 44.9 Å². The molecule has 1 fully saturated rings. The molecule has 1 aliphatic carbocycles. The van der Waals surface area contributed by atoms with Gasteiger partial charge in [0.25, 0.3) is 5.91 Å². The summed E-state index contributed by atoms with van der Waals surface area (Å²) >= 11 is 0.